The minimum absolute atomic E-state index is 0.154. The lowest BCUT2D eigenvalue weighted by Crippen LogP contribution is -2.25. The van der Waals surface area contributed by atoms with E-state index in [1.165, 1.54) is 10.6 Å². The Balaban J connectivity index is 1.49. The van der Waals surface area contributed by atoms with E-state index in [2.05, 4.69) is 20.4 Å². The van der Waals surface area contributed by atoms with Gasteiger partial charge in [0.25, 0.3) is 0 Å². The van der Waals surface area contributed by atoms with Crippen LogP contribution in [-0.2, 0) is 23.6 Å². The SMILES string of the molecule is CC1CN(c2ccc(CNc3ncnc4nn(C)cc34)cc2)S(=O)(=O)C1. The summed E-state index contributed by atoms with van der Waals surface area (Å²) in [5, 5.41) is 8.43. The molecule has 1 N–H and O–H groups in total. The third kappa shape index (κ3) is 3.10. The predicted octanol–water partition coefficient (Wildman–Crippen LogP) is 1.76. The average molecular weight is 372 g/mol. The fourth-order valence-electron chi connectivity index (χ4n) is 3.22. The van der Waals surface area contributed by atoms with Crippen molar-refractivity contribution in [3.05, 3.63) is 42.4 Å². The second kappa shape index (κ2) is 6.24. The topological polar surface area (TPSA) is 93.0 Å². The number of rotatable bonds is 4. The molecule has 9 heteroatoms. The van der Waals surface area contributed by atoms with Crippen LogP contribution in [0.2, 0.25) is 0 Å². The van der Waals surface area contributed by atoms with E-state index < -0.39 is 10.0 Å². The Morgan fingerprint density at radius 3 is 2.69 bits per heavy atom. The number of nitrogens with one attached hydrogen (secondary N) is 1. The number of hydrogen-bond acceptors (Lipinski definition) is 6. The van der Waals surface area contributed by atoms with Crippen LogP contribution < -0.4 is 9.62 Å². The van der Waals surface area contributed by atoms with Crippen molar-refractivity contribution in [3.8, 4) is 0 Å². The highest BCUT2D eigenvalue weighted by atomic mass is 32.2. The lowest BCUT2D eigenvalue weighted by Gasteiger charge is -2.17. The molecule has 1 unspecified atom stereocenters. The quantitative estimate of drug-likeness (QED) is 0.750. The van der Waals surface area contributed by atoms with Crippen LogP contribution in [0.4, 0.5) is 11.5 Å². The Hall–Kier alpha value is -2.68. The fourth-order valence-corrected chi connectivity index (χ4v) is 5.15. The van der Waals surface area contributed by atoms with Crippen LogP contribution in [0.1, 0.15) is 12.5 Å². The maximum absolute atomic E-state index is 12.2. The van der Waals surface area contributed by atoms with Gasteiger partial charge in [0.1, 0.15) is 12.1 Å². The number of sulfonamides is 1. The summed E-state index contributed by atoms with van der Waals surface area (Å²) in [6.07, 6.45) is 3.36. The number of anilines is 2. The zero-order chi connectivity index (χ0) is 18.3. The second-order valence-electron chi connectivity index (χ2n) is 6.70. The molecular formula is C17H20N6O2S. The first-order chi connectivity index (χ1) is 12.4. The third-order valence-electron chi connectivity index (χ3n) is 4.42. The van der Waals surface area contributed by atoms with Crippen molar-refractivity contribution >= 4 is 32.6 Å². The lowest BCUT2D eigenvalue weighted by molar-refractivity contribution is 0.598. The molecule has 0 bridgehead atoms. The standard InChI is InChI=1S/C17H20N6O2S/c1-12-8-23(26(24,25)10-12)14-5-3-13(4-6-14)7-18-16-15-9-22(2)21-17(15)20-11-19-16/h3-6,9,11-12H,7-8,10H2,1-2H3,(H,18,19,20,21). The summed E-state index contributed by atoms with van der Waals surface area (Å²) in [5.41, 5.74) is 2.40. The van der Waals surface area contributed by atoms with Gasteiger partial charge in [0.05, 0.1) is 16.8 Å². The van der Waals surface area contributed by atoms with E-state index >= 15 is 0 Å². The van der Waals surface area contributed by atoms with Crippen LogP contribution in [0.25, 0.3) is 11.0 Å². The van der Waals surface area contributed by atoms with Gasteiger partial charge in [0.2, 0.25) is 10.0 Å². The van der Waals surface area contributed by atoms with Crippen LogP contribution in [0.15, 0.2) is 36.8 Å². The smallest absolute Gasteiger partial charge is 0.235 e. The number of hydrogen-bond donors (Lipinski definition) is 1. The van der Waals surface area contributed by atoms with Gasteiger partial charge in [-0.2, -0.15) is 5.10 Å². The maximum Gasteiger partial charge on any atom is 0.235 e. The van der Waals surface area contributed by atoms with Gasteiger partial charge >= 0.3 is 0 Å². The second-order valence-corrected chi connectivity index (χ2v) is 8.64. The van der Waals surface area contributed by atoms with Crippen molar-refractivity contribution in [2.24, 2.45) is 13.0 Å². The van der Waals surface area contributed by atoms with Crippen molar-refractivity contribution in [3.63, 3.8) is 0 Å². The summed E-state index contributed by atoms with van der Waals surface area (Å²) in [6.45, 7) is 3.07. The van der Waals surface area contributed by atoms with Crippen LogP contribution in [-0.4, -0.2) is 40.5 Å². The Morgan fingerprint density at radius 1 is 1.23 bits per heavy atom. The number of aryl methyl sites for hydroxylation is 1. The summed E-state index contributed by atoms with van der Waals surface area (Å²) >= 11 is 0. The largest absolute Gasteiger partial charge is 0.365 e. The van der Waals surface area contributed by atoms with Crippen molar-refractivity contribution in [1.82, 2.24) is 19.7 Å². The van der Waals surface area contributed by atoms with Gasteiger partial charge in [-0.05, 0) is 23.6 Å². The zero-order valence-corrected chi connectivity index (χ0v) is 15.4. The monoisotopic (exact) mass is 372 g/mol. The fraction of sp³-hybridized carbons (Fsp3) is 0.353. The first-order valence-corrected chi connectivity index (χ1v) is 10.0. The van der Waals surface area contributed by atoms with Gasteiger partial charge in [0, 0.05) is 26.3 Å². The van der Waals surface area contributed by atoms with Gasteiger partial charge < -0.3 is 5.32 Å². The average Bonchev–Trinajstić information content (AvgIpc) is 3.11. The molecule has 1 aliphatic heterocycles. The molecule has 0 saturated carbocycles. The first kappa shape index (κ1) is 16.8. The molecule has 0 radical (unpaired) electrons. The highest BCUT2D eigenvalue weighted by Gasteiger charge is 2.33. The summed E-state index contributed by atoms with van der Waals surface area (Å²) in [7, 11) is -1.34. The molecule has 4 rings (SSSR count). The van der Waals surface area contributed by atoms with E-state index in [0.29, 0.717) is 18.7 Å². The van der Waals surface area contributed by atoms with Crippen molar-refractivity contribution in [2.45, 2.75) is 13.5 Å². The molecule has 26 heavy (non-hydrogen) atoms. The molecule has 0 spiro atoms. The van der Waals surface area contributed by atoms with E-state index in [4.69, 9.17) is 0 Å². The summed E-state index contributed by atoms with van der Waals surface area (Å²) in [4.78, 5) is 8.43. The zero-order valence-electron chi connectivity index (χ0n) is 14.6. The Kier molecular flexibility index (Phi) is 4.03. The Labute approximate surface area is 151 Å². The normalized spacial score (nSPS) is 19.2. The van der Waals surface area contributed by atoms with Crippen LogP contribution in [0.3, 0.4) is 0 Å². The van der Waals surface area contributed by atoms with E-state index in [1.807, 2.05) is 44.4 Å². The van der Waals surface area contributed by atoms with Crippen molar-refractivity contribution in [2.75, 3.05) is 21.9 Å². The number of fused-ring (bicyclic) bond motifs is 1. The minimum atomic E-state index is -3.19. The molecule has 0 aliphatic carbocycles. The highest BCUT2D eigenvalue weighted by molar-refractivity contribution is 7.93. The molecule has 1 aromatic carbocycles. The van der Waals surface area contributed by atoms with Crippen molar-refractivity contribution < 1.29 is 8.42 Å². The van der Waals surface area contributed by atoms with Gasteiger partial charge in [0.15, 0.2) is 5.65 Å². The van der Waals surface area contributed by atoms with E-state index in [9.17, 15) is 8.42 Å². The first-order valence-electron chi connectivity index (χ1n) is 8.40. The molecule has 1 saturated heterocycles. The lowest BCUT2D eigenvalue weighted by atomic mass is 10.2. The van der Waals surface area contributed by atoms with Gasteiger partial charge in [-0.25, -0.2) is 18.4 Å². The van der Waals surface area contributed by atoms with E-state index in [0.717, 1.165) is 22.5 Å². The molecule has 3 heterocycles. The van der Waals surface area contributed by atoms with Crippen molar-refractivity contribution in [1.29, 1.82) is 0 Å². The maximum atomic E-state index is 12.2. The van der Waals surface area contributed by atoms with E-state index in [-0.39, 0.29) is 11.7 Å². The Bertz CT molecular complexity index is 1040. The molecule has 1 atom stereocenters. The predicted molar refractivity (Wildman–Crippen MR) is 100 cm³/mol. The number of aromatic nitrogens is 4. The van der Waals surface area contributed by atoms with Gasteiger partial charge in [-0.15, -0.1) is 0 Å². The highest BCUT2D eigenvalue weighted by Crippen LogP contribution is 2.27. The summed E-state index contributed by atoms with van der Waals surface area (Å²) < 4.78 is 27.6. The van der Waals surface area contributed by atoms with E-state index in [1.54, 1.807) is 4.68 Å². The molecule has 2 aromatic heterocycles. The van der Waals surface area contributed by atoms with Crippen LogP contribution in [0.5, 0.6) is 0 Å². The Morgan fingerprint density at radius 2 is 2.00 bits per heavy atom. The summed E-state index contributed by atoms with van der Waals surface area (Å²) in [5.74, 6) is 1.09. The van der Waals surface area contributed by atoms with Crippen LogP contribution in [0, 0.1) is 5.92 Å². The molecule has 1 aliphatic rings. The molecule has 8 nitrogen and oxygen atoms in total. The molecule has 136 valence electrons. The third-order valence-corrected chi connectivity index (χ3v) is 6.45. The minimum Gasteiger partial charge on any atom is -0.365 e. The number of nitrogens with zero attached hydrogens (tertiary/aromatic N) is 5. The van der Waals surface area contributed by atoms with Gasteiger partial charge in [-0.1, -0.05) is 19.1 Å². The van der Waals surface area contributed by atoms with Gasteiger partial charge in [-0.3, -0.25) is 8.99 Å². The number of benzene rings is 1. The van der Waals surface area contributed by atoms with Crippen LogP contribution >= 0.6 is 0 Å². The molecule has 3 aromatic rings. The molecule has 0 amide bonds. The molecular weight excluding hydrogens is 352 g/mol. The molecule has 1 fully saturated rings. The summed E-state index contributed by atoms with van der Waals surface area (Å²) in [6, 6.07) is 7.57.